The summed E-state index contributed by atoms with van der Waals surface area (Å²) in [5.41, 5.74) is 0.369. The van der Waals surface area contributed by atoms with E-state index in [0.717, 1.165) is 5.39 Å². The van der Waals surface area contributed by atoms with Gasteiger partial charge in [0.15, 0.2) is 11.3 Å². The average Bonchev–Trinajstić information content (AvgIpc) is 2.49. The van der Waals surface area contributed by atoms with Gasteiger partial charge in [-0.05, 0) is 6.07 Å². The van der Waals surface area contributed by atoms with Gasteiger partial charge in [0.1, 0.15) is 6.07 Å². The first-order valence-electron chi connectivity index (χ1n) is 3.43. The van der Waals surface area contributed by atoms with E-state index in [-0.39, 0.29) is 11.5 Å². The molecule has 3 nitrogen and oxygen atoms in total. The molecule has 0 aliphatic heterocycles. The van der Waals surface area contributed by atoms with Crippen molar-refractivity contribution in [2.24, 2.45) is 0 Å². The third-order valence-corrected chi connectivity index (χ3v) is 1.63. The molecule has 0 saturated heterocycles. The van der Waals surface area contributed by atoms with Crippen molar-refractivity contribution in [1.82, 2.24) is 0 Å². The largest absolute Gasteiger partial charge is 0.504 e. The molecule has 3 heteroatoms. The van der Waals surface area contributed by atoms with Crippen molar-refractivity contribution in [3.8, 4) is 11.8 Å². The van der Waals surface area contributed by atoms with E-state index in [1.807, 2.05) is 6.07 Å². The lowest BCUT2D eigenvalue weighted by Crippen LogP contribution is -1.63. The summed E-state index contributed by atoms with van der Waals surface area (Å²) in [7, 11) is 0. The Labute approximate surface area is 68.5 Å². The van der Waals surface area contributed by atoms with Gasteiger partial charge < -0.3 is 9.52 Å². The second-order valence-corrected chi connectivity index (χ2v) is 2.42. The normalized spacial score (nSPS) is 9.92. The van der Waals surface area contributed by atoms with Gasteiger partial charge in [-0.25, -0.2) is 0 Å². The van der Waals surface area contributed by atoms with Crippen LogP contribution in [0.25, 0.3) is 11.0 Å². The number of phenolic OH excluding ortho intramolecular Hbond substituents is 1. The molecule has 0 fully saturated rings. The SMILES string of the molecule is N#Cc1cc2cccc(O)c2o1. The molecule has 0 aliphatic rings. The Bertz CT molecular complexity index is 465. The Balaban J connectivity index is 2.85. The number of aromatic hydroxyl groups is 1. The fourth-order valence-corrected chi connectivity index (χ4v) is 1.10. The van der Waals surface area contributed by atoms with E-state index in [2.05, 4.69) is 0 Å². The van der Waals surface area contributed by atoms with Crippen LogP contribution in [0.15, 0.2) is 28.7 Å². The van der Waals surface area contributed by atoms with Crippen LogP contribution in [0.5, 0.6) is 5.75 Å². The van der Waals surface area contributed by atoms with E-state index in [1.54, 1.807) is 18.2 Å². The molecule has 12 heavy (non-hydrogen) atoms. The maximum atomic E-state index is 9.28. The van der Waals surface area contributed by atoms with Gasteiger partial charge in [0.2, 0.25) is 5.76 Å². The number of hydrogen-bond donors (Lipinski definition) is 1. The van der Waals surface area contributed by atoms with Crippen molar-refractivity contribution in [2.45, 2.75) is 0 Å². The summed E-state index contributed by atoms with van der Waals surface area (Å²) >= 11 is 0. The Hall–Kier alpha value is -1.95. The van der Waals surface area contributed by atoms with Gasteiger partial charge in [-0.1, -0.05) is 12.1 Å². The summed E-state index contributed by atoms with van der Waals surface area (Å²) in [4.78, 5) is 0. The molecule has 1 aromatic heterocycles. The maximum absolute atomic E-state index is 9.28. The quantitative estimate of drug-likeness (QED) is 0.639. The molecular weight excluding hydrogens is 154 g/mol. The predicted octanol–water partition coefficient (Wildman–Crippen LogP) is 2.01. The number of nitriles is 1. The maximum Gasteiger partial charge on any atom is 0.204 e. The number of phenols is 1. The second-order valence-electron chi connectivity index (χ2n) is 2.42. The lowest BCUT2D eigenvalue weighted by molar-refractivity contribution is 0.463. The zero-order chi connectivity index (χ0) is 8.55. The van der Waals surface area contributed by atoms with E-state index < -0.39 is 0 Å². The van der Waals surface area contributed by atoms with E-state index in [1.165, 1.54) is 6.07 Å². The Morgan fingerprint density at radius 3 is 2.92 bits per heavy atom. The highest BCUT2D eigenvalue weighted by atomic mass is 16.4. The smallest absolute Gasteiger partial charge is 0.204 e. The zero-order valence-corrected chi connectivity index (χ0v) is 6.11. The lowest BCUT2D eigenvalue weighted by Gasteiger charge is -1.89. The zero-order valence-electron chi connectivity index (χ0n) is 6.11. The van der Waals surface area contributed by atoms with E-state index in [9.17, 15) is 5.11 Å². The molecule has 0 unspecified atom stereocenters. The summed E-state index contributed by atoms with van der Waals surface area (Å²) in [6.07, 6.45) is 0. The van der Waals surface area contributed by atoms with E-state index in [0.29, 0.717) is 5.58 Å². The topological polar surface area (TPSA) is 57.2 Å². The summed E-state index contributed by atoms with van der Waals surface area (Å²) < 4.78 is 5.04. The van der Waals surface area contributed by atoms with Gasteiger partial charge in [0, 0.05) is 11.5 Å². The second kappa shape index (κ2) is 2.28. The van der Waals surface area contributed by atoms with Crippen molar-refractivity contribution >= 4 is 11.0 Å². The summed E-state index contributed by atoms with van der Waals surface area (Å²) in [5, 5.41) is 18.5. The van der Waals surface area contributed by atoms with Gasteiger partial charge >= 0.3 is 0 Å². The van der Waals surface area contributed by atoms with Crippen molar-refractivity contribution in [3.63, 3.8) is 0 Å². The van der Waals surface area contributed by atoms with Crippen molar-refractivity contribution in [1.29, 1.82) is 5.26 Å². The molecule has 0 amide bonds. The molecule has 0 atom stereocenters. The fraction of sp³-hybridized carbons (Fsp3) is 0. The predicted molar refractivity (Wildman–Crippen MR) is 42.6 cm³/mol. The van der Waals surface area contributed by atoms with E-state index >= 15 is 0 Å². The van der Waals surface area contributed by atoms with Crippen molar-refractivity contribution in [2.75, 3.05) is 0 Å². The number of nitrogens with zero attached hydrogens (tertiary/aromatic N) is 1. The number of fused-ring (bicyclic) bond motifs is 1. The fourth-order valence-electron chi connectivity index (χ4n) is 1.10. The minimum atomic E-state index is 0.0639. The van der Waals surface area contributed by atoms with Crippen molar-refractivity contribution < 1.29 is 9.52 Å². The molecule has 0 bridgehead atoms. The highest BCUT2D eigenvalue weighted by Gasteiger charge is 2.05. The molecule has 0 spiro atoms. The van der Waals surface area contributed by atoms with Crippen LogP contribution in [-0.4, -0.2) is 5.11 Å². The summed E-state index contributed by atoms with van der Waals surface area (Å²) in [6, 6.07) is 8.46. The molecule has 0 saturated carbocycles. The lowest BCUT2D eigenvalue weighted by atomic mass is 10.2. The monoisotopic (exact) mass is 159 g/mol. The molecule has 1 N–H and O–H groups in total. The Morgan fingerprint density at radius 2 is 2.25 bits per heavy atom. The molecule has 0 radical (unpaired) electrons. The highest BCUT2D eigenvalue weighted by Crippen LogP contribution is 2.26. The van der Waals surface area contributed by atoms with Gasteiger partial charge in [-0.2, -0.15) is 5.26 Å². The first kappa shape index (κ1) is 6.74. The molecular formula is C9H5NO2. The third-order valence-electron chi connectivity index (χ3n) is 1.63. The first-order valence-corrected chi connectivity index (χ1v) is 3.43. The number of benzene rings is 1. The van der Waals surface area contributed by atoms with Crippen molar-refractivity contribution in [3.05, 3.63) is 30.0 Å². The average molecular weight is 159 g/mol. The number of furan rings is 1. The summed E-state index contributed by atoms with van der Waals surface area (Å²) in [6.45, 7) is 0. The number of rotatable bonds is 0. The minimum absolute atomic E-state index is 0.0639. The first-order chi connectivity index (χ1) is 5.81. The van der Waals surface area contributed by atoms with Gasteiger partial charge in [0.25, 0.3) is 0 Å². The Kier molecular flexibility index (Phi) is 1.28. The minimum Gasteiger partial charge on any atom is -0.504 e. The van der Waals surface area contributed by atoms with Gasteiger partial charge in [0.05, 0.1) is 0 Å². The van der Waals surface area contributed by atoms with Crippen LogP contribution in [0.3, 0.4) is 0 Å². The van der Waals surface area contributed by atoms with Crippen LogP contribution in [0.2, 0.25) is 0 Å². The van der Waals surface area contributed by atoms with Crippen LogP contribution < -0.4 is 0 Å². The van der Waals surface area contributed by atoms with Gasteiger partial charge in [-0.15, -0.1) is 0 Å². The molecule has 58 valence electrons. The van der Waals surface area contributed by atoms with Gasteiger partial charge in [-0.3, -0.25) is 0 Å². The van der Waals surface area contributed by atoms with Crippen LogP contribution >= 0.6 is 0 Å². The van der Waals surface area contributed by atoms with Crippen LogP contribution in [0, 0.1) is 11.3 Å². The summed E-state index contributed by atoms with van der Waals surface area (Å²) in [5.74, 6) is 0.278. The molecule has 1 heterocycles. The highest BCUT2D eigenvalue weighted by molar-refractivity contribution is 5.83. The van der Waals surface area contributed by atoms with Crippen LogP contribution in [-0.2, 0) is 0 Å². The van der Waals surface area contributed by atoms with Crippen LogP contribution in [0.1, 0.15) is 5.76 Å². The van der Waals surface area contributed by atoms with Crippen LogP contribution in [0.4, 0.5) is 0 Å². The number of hydrogen-bond acceptors (Lipinski definition) is 3. The number of para-hydroxylation sites is 1. The van der Waals surface area contributed by atoms with E-state index in [4.69, 9.17) is 9.68 Å². The molecule has 1 aromatic carbocycles. The standard InChI is InChI=1S/C9H5NO2/c10-5-7-4-6-2-1-3-8(11)9(6)12-7/h1-4,11H. The Morgan fingerprint density at radius 1 is 1.42 bits per heavy atom. The third kappa shape index (κ3) is 0.823. The molecule has 0 aliphatic carbocycles. The molecule has 2 rings (SSSR count). The molecule has 2 aromatic rings.